The molecule has 0 N–H and O–H groups in total. The predicted molar refractivity (Wildman–Crippen MR) is 114 cm³/mol. The summed E-state index contributed by atoms with van der Waals surface area (Å²) >= 11 is 0. The molecule has 0 saturated carbocycles. The topological polar surface area (TPSA) is 63.7 Å². The summed E-state index contributed by atoms with van der Waals surface area (Å²) in [5.41, 5.74) is 2.03. The van der Waals surface area contributed by atoms with Crippen LogP contribution in [0.1, 0.15) is 49.5 Å². The van der Waals surface area contributed by atoms with Crippen molar-refractivity contribution in [3.05, 3.63) is 71.8 Å². The van der Waals surface area contributed by atoms with Gasteiger partial charge in [0.2, 0.25) is 11.8 Å². The number of ether oxygens (including phenoxy) is 1. The van der Waals surface area contributed by atoms with Gasteiger partial charge in [0.15, 0.2) is 0 Å². The van der Waals surface area contributed by atoms with Gasteiger partial charge in [-0.05, 0) is 60.2 Å². The third-order valence-corrected chi connectivity index (χ3v) is 5.80. The summed E-state index contributed by atoms with van der Waals surface area (Å²) in [4.78, 5) is 39.1. The molecule has 2 aromatic carbocycles. The number of carbonyl (C=O) groups excluding carboxylic acids is 3. The maximum atomic E-state index is 12.7. The minimum Gasteiger partial charge on any atom is -0.423 e. The van der Waals surface area contributed by atoms with Crippen LogP contribution in [0.2, 0.25) is 0 Å². The van der Waals surface area contributed by atoms with Crippen LogP contribution in [-0.4, -0.2) is 17.8 Å². The largest absolute Gasteiger partial charge is 0.423 e. The van der Waals surface area contributed by atoms with Crippen LogP contribution in [0.25, 0.3) is 0 Å². The van der Waals surface area contributed by atoms with Crippen LogP contribution in [0, 0.1) is 11.8 Å². The highest BCUT2D eigenvalue weighted by molar-refractivity contribution is 6.22. The smallest absolute Gasteiger partial charge is 0.343 e. The van der Waals surface area contributed by atoms with Crippen molar-refractivity contribution in [1.29, 1.82) is 0 Å². The van der Waals surface area contributed by atoms with Gasteiger partial charge in [0.05, 0.1) is 23.1 Å². The first-order valence-corrected chi connectivity index (χ1v) is 10.2. The molecular weight excluding hydrogens is 378 g/mol. The van der Waals surface area contributed by atoms with Gasteiger partial charge in [-0.25, -0.2) is 4.79 Å². The molecule has 1 saturated heterocycles. The molecule has 0 unspecified atom stereocenters. The predicted octanol–water partition coefficient (Wildman–Crippen LogP) is 4.66. The van der Waals surface area contributed by atoms with Crippen LogP contribution in [0.5, 0.6) is 5.75 Å². The Kier molecular flexibility index (Phi) is 5.06. The molecule has 5 heteroatoms. The molecule has 0 aromatic heterocycles. The van der Waals surface area contributed by atoms with E-state index in [2.05, 4.69) is 20.8 Å². The number of rotatable bonds is 3. The number of imide groups is 1. The van der Waals surface area contributed by atoms with E-state index in [1.165, 1.54) is 4.90 Å². The lowest BCUT2D eigenvalue weighted by Gasteiger charge is -2.19. The molecule has 2 atom stereocenters. The standard InChI is InChI=1S/C25H25NO4/c1-25(2,3)17-10-14-19(15-11-17)30-24(29)16-8-12-18(13-9-16)26-22(27)20-6-4-5-7-21(20)23(26)28/h4-5,8-15,20-21H,6-7H2,1-3H3/t20-,21+. The number of allylic oxidation sites excluding steroid dienone is 2. The average molecular weight is 403 g/mol. The SMILES string of the molecule is CC(C)(C)c1ccc(OC(=O)c2ccc(N3C(=O)[C@H]4CC=CC[C@H]4C3=O)cc2)cc1. The van der Waals surface area contributed by atoms with E-state index in [1.807, 2.05) is 24.3 Å². The Bertz CT molecular complexity index is 987. The molecule has 1 fully saturated rings. The van der Waals surface area contributed by atoms with Gasteiger partial charge >= 0.3 is 5.97 Å². The Morgan fingerprint density at radius 3 is 1.90 bits per heavy atom. The van der Waals surface area contributed by atoms with Gasteiger partial charge in [0, 0.05) is 0 Å². The zero-order valence-corrected chi connectivity index (χ0v) is 17.4. The molecule has 0 bridgehead atoms. The normalized spacial score (nSPS) is 21.0. The lowest BCUT2D eigenvalue weighted by atomic mass is 9.85. The quantitative estimate of drug-likeness (QED) is 0.324. The Balaban J connectivity index is 1.46. The van der Waals surface area contributed by atoms with Gasteiger partial charge < -0.3 is 4.74 Å². The molecule has 30 heavy (non-hydrogen) atoms. The van der Waals surface area contributed by atoms with Crippen molar-refractivity contribution in [2.75, 3.05) is 4.90 Å². The van der Waals surface area contributed by atoms with E-state index in [1.54, 1.807) is 36.4 Å². The van der Waals surface area contributed by atoms with Crippen molar-refractivity contribution in [2.24, 2.45) is 11.8 Å². The lowest BCUT2D eigenvalue weighted by Crippen LogP contribution is -2.30. The summed E-state index contributed by atoms with van der Waals surface area (Å²) in [5.74, 6) is -0.890. The van der Waals surface area contributed by atoms with Gasteiger partial charge in [-0.15, -0.1) is 0 Å². The van der Waals surface area contributed by atoms with Gasteiger partial charge in [-0.1, -0.05) is 45.1 Å². The van der Waals surface area contributed by atoms with E-state index in [9.17, 15) is 14.4 Å². The molecule has 1 heterocycles. The van der Waals surface area contributed by atoms with Crippen molar-refractivity contribution in [2.45, 2.75) is 39.0 Å². The number of nitrogens with zero attached hydrogens (tertiary/aromatic N) is 1. The Labute approximate surface area is 176 Å². The maximum absolute atomic E-state index is 12.7. The summed E-state index contributed by atoms with van der Waals surface area (Å²) in [5, 5.41) is 0. The molecule has 1 aliphatic heterocycles. The monoisotopic (exact) mass is 403 g/mol. The van der Waals surface area contributed by atoms with Crippen LogP contribution >= 0.6 is 0 Å². The van der Waals surface area contributed by atoms with E-state index in [4.69, 9.17) is 4.74 Å². The second-order valence-electron chi connectivity index (χ2n) is 8.88. The summed E-state index contributed by atoms with van der Waals surface area (Å²) in [6.07, 6.45) is 5.13. The van der Waals surface area contributed by atoms with Crippen molar-refractivity contribution in [3.63, 3.8) is 0 Å². The fourth-order valence-electron chi connectivity index (χ4n) is 3.99. The molecule has 0 radical (unpaired) electrons. The average Bonchev–Trinajstić information content (AvgIpc) is 2.98. The van der Waals surface area contributed by atoms with E-state index in [0.29, 0.717) is 29.8 Å². The molecule has 154 valence electrons. The highest BCUT2D eigenvalue weighted by atomic mass is 16.5. The minimum absolute atomic E-state index is 0.0242. The summed E-state index contributed by atoms with van der Waals surface area (Å²) in [7, 11) is 0. The second-order valence-corrected chi connectivity index (χ2v) is 8.88. The molecule has 5 nitrogen and oxygen atoms in total. The van der Waals surface area contributed by atoms with Crippen molar-refractivity contribution < 1.29 is 19.1 Å². The Hall–Kier alpha value is -3.21. The first kappa shape index (κ1) is 20.1. The molecule has 2 aliphatic rings. The van der Waals surface area contributed by atoms with Gasteiger partial charge in [0.1, 0.15) is 5.75 Å². The van der Waals surface area contributed by atoms with E-state index in [-0.39, 0.29) is 29.1 Å². The summed E-state index contributed by atoms with van der Waals surface area (Å²) in [6, 6.07) is 13.9. The number of benzene rings is 2. The first-order valence-electron chi connectivity index (χ1n) is 10.2. The maximum Gasteiger partial charge on any atom is 0.343 e. The fraction of sp³-hybridized carbons (Fsp3) is 0.320. The first-order chi connectivity index (χ1) is 14.3. The number of amides is 2. The van der Waals surface area contributed by atoms with Gasteiger partial charge in [0.25, 0.3) is 0 Å². The summed E-state index contributed by atoms with van der Waals surface area (Å²) < 4.78 is 5.46. The van der Waals surface area contributed by atoms with Crippen LogP contribution in [0.15, 0.2) is 60.7 Å². The number of hydrogen-bond donors (Lipinski definition) is 0. The second kappa shape index (κ2) is 7.56. The highest BCUT2D eigenvalue weighted by Crippen LogP contribution is 2.37. The van der Waals surface area contributed by atoms with Gasteiger partial charge in [-0.2, -0.15) is 0 Å². The van der Waals surface area contributed by atoms with Crippen molar-refractivity contribution in [3.8, 4) is 5.75 Å². The zero-order chi connectivity index (χ0) is 21.5. The molecule has 2 aromatic rings. The number of fused-ring (bicyclic) bond motifs is 1. The Morgan fingerprint density at radius 2 is 1.40 bits per heavy atom. The van der Waals surface area contributed by atoms with Crippen molar-refractivity contribution >= 4 is 23.5 Å². The Morgan fingerprint density at radius 1 is 0.867 bits per heavy atom. The van der Waals surface area contributed by atoms with Crippen LogP contribution in [0.4, 0.5) is 5.69 Å². The fourth-order valence-corrected chi connectivity index (χ4v) is 3.99. The minimum atomic E-state index is -0.484. The number of hydrogen-bond acceptors (Lipinski definition) is 4. The number of anilines is 1. The molecular formula is C25H25NO4. The van der Waals surface area contributed by atoms with Crippen LogP contribution in [0.3, 0.4) is 0 Å². The highest BCUT2D eigenvalue weighted by Gasteiger charge is 2.47. The third-order valence-electron chi connectivity index (χ3n) is 5.80. The molecule has 4 rings (SSSR count). The summed E-state index contributed by atoms with van der Waals surface area (Å²) in [6.45, 7) is 6.37. The van der Waals surface area contributed by atoms with Crippen LogP contribution in [-0.2, 0) is 15.0 Å². The van der Waals surface area contributed by atoms with E-state index >= 15 is 0 Å². The number of carbonyl (C=O) groups is 3. The van der Waals surface area contributed by atoms with Crippen LogP contribution < -0.4 is 9.64 Å². The zero-order valence-electron chi connectivity index (χ0n) is 17.4. The molecule has 0 spiro atoms. The number of esters is 1. The molecule has 1 aliphatic carbocycles. The van der Waals surface area contributed by atoms with Gasteiger partial charge in [-0.3, -0.25) is 14.5 Å². The van der Waals surface area contributed by atoms with E-state index < -0.39 is 5.97 Å². The molecule has 2 amide bonds. The third kappa shape index (κ3) is 3.67. The lowest BCUT2D eigenvalue weighted by molar-refractivity contribution is -0.122. The van der Waals surface area contributed by atoms with Crippen molar-refractivity contribution in [1.82, 2.24) is 0 Å². The van der Waals surface area contributed by atoms with E-state index in [0.717, 1.165) is 5.56 Å².